The maximum atomic E-state index is 10.4. The van der Waals surface area contributed by atoms with E-state index in [1.54, 1.807) is 0 Å². The van der Waals surface area contributed by atoms with Crippen molar-refractivity contribution in [1.29, 1.82) is 0 Å². The molecule has 0 bridgehead atoms. The van der Waals surface area contributed by atoms with Crippen molar-refractivity contribution in [3.05, 3.63) is 11.1 Å². The van der Waals surface area contributed by atoms with Gasteiger partial charge in [-0.15, -0.1) is 0 Å². The van der Waals surface area contributed by atoms with Crippen molar-refractivity contribution < 1.29 is 9.90 Å². The monoisotopic (exact) mass is 161 g/mol. The zero-order valence-electron chi connectivity index (χ0n) is 5.30. The molecule has 2 N–H and O–H groups in total. The van der Waals surface area contributed by atoms with Gasteiger partial charge in [-0.05, 0) is 12.0 Å². The fourth-order valence-corrected chi connectivity index (χ4v) is 1.23. The standard InChI is InChI=1S/C6H8ClNO2/c7-3-4-1-2-8-5(4)6(9)10/h3,5,8H,1-2H2,(H,9,10). The summed E-state index contributed by atoms with van der Waals surface area (Å²) in [5.41, 5.74) is 2.10. The smallest absolute Gasteiger partial charge is 0.325 e. The van der Waals surface area contributed by atoms with E-state index in [4.69, 9.17) is 16.7 Å². The molecule has 1 aliphatic heterocycles. The van der Waals surface area contributed by atoms with Gasteiger partial charge in [0, 0.05) is 12.1 Å². The molecule has 0 aromatic carbocycles. The van der Waals surface area contributed by atoms with Gasteiger partial charge >= 0.3 is 5.97 Å². The molecule has 4 heteroatoms. The number of carboxylic acid groups (broad SMARTS) is 1. The van der Waals surface area contributed by atoms with Gasteiger partial charge < -0.3 is 10.4 Å². The minimum absolute atomic E-state index is 0.558. The summed E-state index contributed by atoms with van der Waals surface area (Å²) in [6.45, 7) is 0.704. The first kappa shape index (κ1) is 7.57. The summed E-state index contributed by atoms with van der Waals surface area (Å²) < 4.78 is 0. The van der Waals surface area contributed by atoms with E-state index in [-0.39, 0.29) is 0 Å². The number of halogens is 1. The van der Waals surface area contributed by atoms with Gasteiger partial charge in [0.15, 0.2) is 0 Å². The first-order chi connectivity index (χ1) is 4.75. The van der Waals surface area contributed by atoms with Crippen LogP contribution in [0.4, 0.5) is 0 Å². The van der Waals surface area contributed by atoms with Crippen LogP contribution in [-0.2, 0) is 4.79 Å². The van der Waals surface area contributed by atoms with Crippen LogP contribution < -0.4 is 5.32 Å². The Morgan fingerprint density at radius 1 is 1.90 bits per heavy atom. The van der Waals surface area contributed by atoms with Crippen molar-refractivity contribution in [2.45, 2.75) is 12.5 Å². The highest BCUT2D eigenvalue weighted by Crippen LogP contribution is 2.14. The highest BCUT2D eigenvalue weighted by molar-refractivity contribution is 6.26. The largest absolute Gasteiger partial charge is 0.480 e. The summed E-state index contributed by atoms with van der Waals surface area (Å²) in [4.78, 5) is 10.4. The zero-order valence-corrected chi connectivity index (χ0v) is 6.06. The number of hydrogen-bond donors (Lipinski definition) is 2. The zero-order chi connectivity index (χ0) is 7.56. The summed E-state index contributed by atoms with van der Waals surface area (Å²) in [5.74, 6) is -0.857. The predicted octanol–water partition coefficient (Wildman–Crippen LogP) is 0.556. The second kappa shape index (κ2) is 3.03. The summed E-state index contributed by atoms with van der Waals surface area (Å²) in [6.07, 6.45) is 0.737. The highest BCUT2D eigenvalue weighted by Gasteiger charge is 2.25. The van der Waals surface area contributed by atoms with Crippen LogP contribution in [0.2, 0.25) is 0 Å². The van der Waals surface area contributed by atoms with Crippen LogP contribution in [0.25, 0.3) is 0 Å². The summed E-state index contributed by atoms with van der Waals surface area (Å²) in [6, 6.07) is -0.558. The molecule has 0 aromatic heterocycles. The molecule has 1 unspecified atom stereocenters. The van der Waals surface area contributed by atoms with E-state index in [1.807, 2.05) is 0 Å². The number of rotatable bonds is 1. The van der Waals surface area contributed by atoms with Gasteiger partial charge in [-0.1, -0.05) is 11.6 Å². The molecule has 10 heavy (non-hydrogen) atoms. The van der Waals surface area contributed by atoms with E-state index >= 15 is 0 Å². The van der Waals surface area contributed by atoms with E-state index < -0.39 is 12.0 Å². The summed E-state index contributed by atoms with van der Waals surface area (Å²) in [7, 11) is 0. The predicted molar refractivity (Wildman–Crippen MR) is 38.0 cm³/mol. The second-order valence-electron chi connectivity index (χ2n) is 2.16. The Bertz CT molecular complexity index is 179. The quantitative estimate of drug-likeness (QED) is 0.591. The average Bonchev–Trinajstić information content (AvgIpc) is 2.33. The Morgan fingerprint density at radius 3 is 3.00 bits per heavy atom. The molecular weight excluding hydrogens is 154 g/mol. The Hall–Kier alpha value is -0.540. The first-order valence-electron chi connectivity index (χ1n) is 3.01. The molecule has 0 radical (unpaired) electrons. The third-order valence-corrected chi connectivity index (χ3v) is 1.80. The van der Waals surface area contributed by atoms with Crippen LogP contribution in [0.5, 0.6) is 0 Å². The maximum Gasteiger partial charge on any atom is 0.325 e. The molecule has 56 valence electrons. The highest BCUT2D eigenvalue weighted by atomic mass is 35.5. The molecule has 1 rings (SSSR count). The summed E-state index contributed by atoms with van der Waals surface area (Å²) >= 11 is 5.38. The molecule has 1 aliphatic rings. The second-order valence-corrected chi connectivity index (χ2v) is 2.38. The van der Waals surface area contributed by atoms with Crippen molar-refractivity contribution >= 4 is 17.6 Å². The number of nitrogens with one attached hydrogen (secondary N) is 1. The van der Waals surface area contributed by atoms with Gasteiger partial charge in [0.25, 0.3) is 0 Å². The Labute approximate surface area is 63.7 Å². The maximum absolute atomic E-state index is 10.4. The Kier molecular flexibility index (Phi) is 2.29. The lowest BCUT2D eigenvalue weighted by Crippen LogP contribution is -2.31. The van der Waals surface area contributed by atoms with Crippen molar-refractivity contribution in [1.82, 2.24) is 5.32 Å². The van der Waals surface area contributed by atoms with Crippen molar-refractivity contribution in [2.24, 2.45) is 0 Å². The van der Waals surface area contributed by atoms with Gasteiger partial charge in [0.1, 0.15) is 6.04 Å². The van der Waals surface area contributed by atoms with Gasteiger partial charge in [-0.3, -0.25) is 4.79 Å². The molecule has 0 spiro atoms. The van der Waals surface area contributed by atoms with E-state index in [2.05, 4.69) is 5.32 Å². The molecule has 0 saturated carbocycles. The van der Waals surface area contributed by atoms with Gasteiger partial charge in [0.05, 0.1) is 0 Å². The molecule has 0 amide bonds. The third-order valence-electron chi connectivity index (χ3n) is 1.52. The fraction of sp³-hybridized carbons (Fsp3) is 0.500. The lowest BCUT2D eigenvalue weighted by Gasteiger charge is -2.03. The lowest BCUT2D eigenvalue weighted by molar-refractivity contribution is -0.138. The molecule has 1 saturated heterocycles. The van der Waals surface area contributed by atoms with Gasteiger partial charge in [0.2, 0.25) is 0 Å². The molecule has 0 aliphatic carbocycles. The van der Waals surface area contributed by atoms with Gasteiger partial charge in [-0.25, -0.2) is 0 Å². The molecular formula is C6H8ClNO2. The van der Waals surface area contributed by atoms with Crippen LogP contribution in [0.3, 0.4) is 0 Å². The molecule has 0 aromatic rings. The van der Waals surface area contributed by atoms with Crippen molar-refractivity contribution in [2.75, 3.05) is 6.54 Å². The van der Waals surface area contributed by atoms with Crippen LogP contribution >= 0.6 is 11.6 Å². The molecule has 1 atom stereocenters. The van der Waals surface area contributed by atoms with Crippen molar-refractivity contribution in [3.63, 3.8) is 0 Å². The fourth-order valence-electron chi connectivity index (χ4n) is 1.000. The molecule has 1 heterocycles. The average molecular weight is 162 g/mol. The minimum Gasteiger partial charge on any atom is -0.480 e. The first-order valence-corrected chi connectivity index (χ1v) is 3.44. The lowest BCUT2D eigenvalue weighted by atomic mass is 10.1. The van der Waals surface area contributed by atoms with E-state index in [9.17, 15) is 4.79 Å². The third kappa shape index (κ3) is 1.30. The van der Waals surface area contributed by atoms with E-state index in [0.29, 0.717) is 6.54 Å². The Balaban J connectivity index is 2.68. The van der Waals surface area contributed by atoms with E-state index in [1.165, 1.54) is 5.54 Å². The SMILES string of the molecule is O=C(O)C1NCCC1=CCl. The normalized spacial score (nSPS) is 29.3. The van der Waals surface area contributed by atoms with Crippen LogP contribution in [0.1, 0.15) is 6.42 Å². The number of aliphatic carboxylic acids is 1. The summed E-state index contributed by atoms with van der Waals surface area (Å²) in [5, 5.41) is 11.4. The topological polar surface area (TPSA) is 49.3 Å². The number of hydrogen-bond acceptors (Lipinski definition) is 2. The van der Waals surface area contributed by atoms with E-state index in [0.717, 1.165) is 12.0 Å². The van der Waals surface area contributed by atoms with Crippen LogP contribution in [0.15, 0.2) is 11.1 Å². The number of carbonyl (C=O) groups is 1. The van der Waals surface area contributed by atoms with Crippen LogP contribution in [-0.4, -0.2) is 23.7 Å². The van der Waals surface area contributed by atoms with Crippen LogP contribution in [0, 0.1) is 0 Å². The number of carboxylic acids is 1. The Morgan fingerprint density at radius 2 is 2.60 bits per heavy atom. The minimum atomic E-state index is -0.857. The molecule has 1 fully saturated rings. The van der Waals surface area contributed by atoms with Crippen molar-refractivity contribution in [3.8, 4) is 0 Å². The van der Waals surface area contributed by atoms with Gasteiger partial charge in [-0.2, -0.15) is 0 Å². The molecule has 3 nitrogen and oxygen atoms in total.